The van der Waals surface area contributed by atoms with Crippen LogP contribution >= 0.6 is 11.6 Å². The predicted octanol–water partition coefficient (Wildman–Crippen LogP) is 4.34. The normalized spacial score (nSPS) is 10.7. The highest BCUT2D eigenvalue weighted by Gasteiger charge is 2.07. The van der Waals surface area contributed by atoms with Crippen molar-refractivity contribution in [1.82, 2.24) is 10.3 Å². The van der Waals surface area contributed by atoms with Gasteiger partial charge in [0.05, 0.1) is 5.02 Å². The van der Waals surface area contributed by atoms with Crippen molar-refractivity contribution in [3.63, 3.8) is 0 Å². The summed E-state index contributed by atoms with van der Waals surface area (Å²) < 4.78 is 19.1. The largest absolute Gasteiger partial charge is 0.439 e. The molecule has 0 aliphatic carbocycles. The summed E-state index contributed by atoms with van der Waals surface area (Å²) in [7, 11) is 1.88. The SMILES string of the molecule is CCCc1cc(CNC)cc(Oc2ccc(Cl)c(F)c2)n1. The summed E-state index contributed by atoms with van der Waals surface area (Å²) in [5, 5.41) is 3.18. The molecule has 0 bridgehead atoms. The zero-order chi connectivity index (χ0) is 15.2. The third-order valence-corrected chi connectivity index (χ3v) is 3.22. The van der Waals surface area contributed by atoms with Crippen LogP contribution in [0.3, 0.4) is 0 Å². The molecular formula is C16H18ClFN2O. The molecule has 112 valence electrons. The van der Waals surface area contributed by atoms with E-state index >= 15 is 0 Å². The molecule has 5 heteroatoms. The van der Waals surface area contributed by atoms with Crippen LogP contribution in [0.25, 0.3) is 0 Å². The van der Waals surface area contributed by atoms with Gasteiger partial charge < -0.3 is 10.1 Å². The quantitative estimate of drug-likeness (QED) is 0.862. The smallest absolute Gasteiger partial charge is 0.219 e. The van der Waals surface area contributed by atoms with Gasteiger partial charge in [0.1, 0.15) is 11.6 Å². The first-order chi connectivity index (χ1) is 10.1. The molecule has 0 saturated heterocycles. The number of pyridine rings is 1. The number of nitrogens with one attached hydrogen (secondary N) is 1. The molecule has 1 aromatic heterocycles. The average Bonchev–Trinajstić information content (AvgIpc) is 2.43. The van der Waals surface area contributed by atoms with E-state index in [1.165, 1.54) is 12.1 Å². The first-order valence-corrected chi connectivity index (χ1v) is 7.27. The van der Waals surface area contributed by atoms with E-state index in [2.05, 4.69) is 23.3 Å². The Bertz CT molecular complexity index is 595. The second-order valence-corrected chi connectivity index (χ2v) is 5.17. The lowest BCUT2D eigenvalue weighted by Gasteiger charge is -2.10. The van der Waals surface area contributed by atoms with Gasteiger partial charge in [0.25, 0.3) is 0 Å². The Labute approximate surface area is 129 Å². The molecule has 2 aromatic rings. The molecule has 0 fully saturated rings. The molecule has 0 aliphatic rings. The fourth-order valence-corrected chi connectivity index (χ4v) is 2.14. The molecule has 0 spiro atoms. The molecule has 21 heavy (non-hydrogen) atoms. The van der Waals surface area contributed by atoms with Crippen LogP contribution in [0.1, 0.15) is 24.6 Å². The van der Waals surface area contributed by atoms with Crippen molar-refractivity contribution in [2.24, 2.45) is 0 Å². The summed E-state index contributed by atoms with van der Waals surface area (Å²) in [6.07, 6.45) is 1.88. The summed E-state index contributed by atoms with van der Waals surface area (Å²) in [6, 6.07) is 8.25. The van der Waals surface area contributed by atoms with Crippen LogP contribution in [0, 0.1) is 5.82 Å². The Balaban J connectivity index is 2.26. The summed E-state index contributed by atoms with van der Waals surface area (Å²) >= 11 is 5.66. The van der Waals surface area contributed by atoms with Crippen LogP contribution < -0.4 is 10.1 Å². The third-order valence-electron chi connectivity index (χ3n) is 2.92. The van der Waals surface area contributed by atoms with Gasteiger partial charge in [-0.3, -0.25) is 0 Å². The zero-order valence-electron chi connectivity index (χ0n) is 12.1. The highest BCUT2D eigenvalue weighted by atomic mass is 35.5. The minimum Gasteiger partial charge on any atom is -0.439 e. The molecule has 1 N–H and O–H groups in total. The van der Waals surface area contributed by atoms with Crippen molar-refractivity contribution in [2.75, 3.05) is 7.05 Å². The molecule has 1 heterocycles. The zero-order valence-corrected chi connectivity index (χ0v) is 12.9. The Morgan fingerprint density at radius 1 is 1.29 bits per heavy atom. The van der Waals surface area contributed by atoms with Crippen LogP contribution in [0.5, 0.6) is 11.6 Å². The van der Waals surface area contributed by atoms with E-state index in [0.29, 0.717) is 11.6 Å². The van der Waals surface area contributed by atoms with Crippen LogP contribution in [0.4, 0.5) is 4.39 Å². The van der Waals surface area contributed by atoms with E-state index in [9.17, 15) is 4.39 Å². The van der Waals surface area contributed by atoms with Crippen LogP contribution in [-0.4, -0.2) is 12.0 Å². The van der Waals surface area contributed by atoms with Gasteiger partial charge in [-0.2, -0.15) is 0 Å². The van der Waals surface area contributed by atoms with Crippen molar-refractivity contribution in [3.05, 3.63) is 52.4 Å². The maximum absolute atomic E-state index is 13.4. The molecule has 0 aliphatic heterocycles. The number of nitrogens with zero attached hydrogens (tertiary/aromatic N) is 1. The summed E-state index contributed by atoms with van der Waals surface area (Å²) in [5.41, 5.74) is 2.05. The summed E-state index contributed by atoms with van der Waals surface area (Å²) in [4.78, 5) is 4.45. The number of halogens is 2. The summed E-state index contributed by atoms with van der Waals surface area (Å²) in [5.74, 6) is 0.343. The first-order valence-electron chi connectivity index (χ1n) is 6.89. The molecule has 1 aromatic carbocycles. The minimum atomic E-state index is -0.505. The van der Waals surface area contributed by atoms with Gasteiger partial charge in [-0.1, -0.05) is 24.9 Å². The molecule has 0 amide bonds. The standard InChI is InChI=1S/C16H18ClFN2O/c1-3-4-12-7-11(10-19-2)8-16(20-12)21-13-5-6-14(17)15(18)9-13/h5-9,19H,3-4,10H2,1-2H3. The van der Waals surface area contributed by atoms with Gasteiger partial charge in [-0.15, -0.1) is 0 Å². The van der Waals surface area contributed by atoms with Crippen LogP contribution in [-0.2, 0) is 13.0 Å². The lowest BCUT2D eigenvalue weighted by Crippen LogP contribution is -2.06. The number of hydrogen-bond acceptors (Lipinski definition) is 3. The highest BCUT2D eigenvalue weighted by molar-refractivity contribution is 6.30. The van der Waals surface area contributed by atoms with Gasteiger partial charge in [0.15, 0.2) is 0 Å². The van der Waals surface area contributed by atoms with Crippen molar-refractivity contribution in [2.45, 2.75) is 26.3 Å². The van der Waals surface area contributed by atoms with Gasteiger partial charge in [-0.05, 0) is 37.2 Å². The molecule has 0 unspecified atom stereocenters. The molecular weight excluding hydrogens is 291 g/mol. The fraction of sp³-hybridized carbons (Fsp3) is 0.312. The Morgan fingerprint density at radius 3 is 2.76 bits per heavy atom. The van der Waals surface area contributed by atoms with Gasteiger partial charge >= 0.3 is 0 Å². The van der Waals surface area contributed by atoms with E-state index in [1.807, 2.05) is 13.1 Å². The van der Waals surface area contributed by atoms with Gasteiger partial charge in [-0.25, -0.2) is 9.37 Å². The van der Waals surface area contributed by atoms with E-state index in [4.69, 9.17) is 16.3 Å². The molecule has 0 saturated carbocycles. The topological polar surface area (TPSA) is 34.1 Å². The van der Waals surface area contributed by atoms with Crippen molar-refractivity contribution in [1.29, 1.82) is 0 Å². The van der Waals surface area contributed by atoms with E-state index in [-0.39, 0.29) is 5.02 Å². The highest BCUT2D eigenvalue weighted by Crippen LogP contribution is 2.25. The maximum Gasteiger partial charge on any atom is 0.219 e. The lowest BCUT2D eigenvalue weighted by molar-refractivity contribution is 0.455. The average molecular weight is 309 g/mol. The first kappa shape index (κ1) is 15.7. The number of benzene rings is 1. The second kappa shape index (κ2) is 7.38. The number of hydrogen-bond donors (Lipinski definition) is 1. The minimum absolute atomic E-state index is 0.0749. The van der Waals surface area contributed by atoms with E-state index in [1.54, 1.807) is 6.07 Å². The third kappa shape index (κ3) is 4.41. The number of aromatic nitrogens is 1. The van der Waals surface area contributed by atoms with Gasteiger partial charge in [0, 0.05) is 24.4 Å². The Morgan fingerprint density at radius 2 is 2.10 bits per heavy atom. The van der Waals surface area contributed by atoms with Crippen LogP contribution in [0.2, 0.25) is 5.02 Å². The lowest BCUT2D eigenvalue weighted by atomic mass is 10.1. The fourth-order valence-electron chi connectivity index (χ4n) is 2.02. The summed E-state index contributed by atoms with van der Waals surface area (Å²) in [6.45, 7) is 2.83. The van der Waals surface area contributed by atoms with E-state index in [0.717, 1.165) is 30.6 Å². The molecule has 2 rings (SSSR count). The second-order valence-electron chi connectivity index (χ2n) is 4.76. The Hall–Kier alpha value is -1.65. The number of aryl methyl sites for hydroxylation is 1. The number of ether oxygens (including phenoxy) is 1. The number of rotatable bonds is 6. The van der Waals surface area contributed by atoms with Crippen molar-refractivity contribution in [3.8, 4) is 11.6 Å². The van der Waals surface area contributed by atoms with Gasteiger partial charge in [0.2, 0.25) is 5.88 Å². The molecule has 0 atom stereocenters. The van der Waals surface area contributed by atoms with E-state index < -0.39 is 5.82 Å². The monoisotopic (exact) mass is 308 g/mol. The maximum atomic E-state index is 13.4. The Kier molecular flexibility index (Phi) is 5.53. The van der Waals surface area contributed by atoms with Crippen molar-refractivity contribution < 1.29 is 9.13 Å². The van der Waals surface area contributed by atoms with Crippen molar-refractivity contribution >= 4 is 11.6 Å². The van der Waals surface area contributed by atoms with Crippen LogP contribution in [0.15, 0.2) is 30.3 Å². The predicted molar refractivity (Wildman–Crippen MR) is 82.5 cm³/mol. The molecule has 3 nitrogen and oxygen atoms in total. The molecule has 0 radical (unpaired) electrons.